The molecule has 0 spiro atoms. The maximum atomic E-state index is 4.76. The van der Waals surface area contributed by atoms with Gasteiger partial charge in [0.25, 0.3) is 0 Å². The summed E-state index contributed by atoms with van der Waals surface area (Å²) in [5.74, 6) is 0. The standard InChI is InChI=1S/C15H19N3S/c1-11(16-2)14-10-19-15(17-14)18-8-7-12-5-3-4-6-13(12)9-18/h3-6,10-11,16H,7-9H2,1-2H3. The molecular formula is C15H19N3S. The molecule has 2 heterocycles. The van der Waals surface area contributed by atoms with Gasteiger partial charge in [-0.3, -0.25) is 0 Å². The van der Waals surface area contributed by atoms with E-state index in [1.807, 2.05) is 7.05 Å². The SMILES string of the molecule is CNC(C)c1csc(N2CCc3ccccc3C2)n1. The molecule has 1 N–H and O–H groups in total. The summed E-state index contributed by atoms with van der Waals surface area (Å²) in [5.41, 5.74) is 4.06. The third kappa shape index (κ3) is 2.51. The van der Waals surface area contributed by atoms with Crippen LogP contribution in [0.2, 0.25) is 0 Å². The van der Waals surface area contributed by atoms with Crippen molar-refractivity contribution in [1.29, 1.82) is 0 Å². The van der Waals surface area contributed by atoms with Gasteiger partial charge in [-0.2, -0.15) is 0 Å². The van der Waals surface area contributed by atoms with Crippen molar-refractivity contribution in [2.45, 2.75) is 25.9 Å². The van der Waals surface area contributed by atoms with E-state index in [0.29, 0.717) is 6.04 Å². The second kappa shape index (κ2) is 5.31. The van der Waals surface area contributed by atoms with Crippen LogP contribution < -0.4 is 10.2 Å². The summed E-state index contributed by atoms with van der Waals surface area (Å²) < 4.78 is 0. The number of nitrogens with one attached hydrogen (secondary N) is 1. The molecule has 0 aliphatic carbocycles. The average Bonchev–Trinajstić information content (AvgIpc) is 2.95. The Balaban J connectivity index is 1.79. The molecule has 1 atom stereocenters. The second-order valence-electron chi connectivity index (χ2n) is 5.01. The van der Waals surface area contributed by atoms with E-state index >= 15 is 0 Å². The number of fused-ring (bicyclic) bond motifs is 1. The van der Waals surface area contributed by atoms with Gasteiger partial charge in [-0.1, -0.05) is 24.3 Å². The molecular weight excluding hydrogens is 254 g/mol. The molecule has 0 radical (unpaired) electrons. The zero-order chi connectivity index (χ0) is 13.2. The number of nitrogens with zero attached hydrogens (tertiary/aromatic N) is 2. The Morgan fingerprint density at radius 1 is 1.32 bits per heavy atom. The van der Waals surface area contributed by atoms with Gasteiger partial charge in [-0.25, -0.2) is 4.98 Å². The molecule has 0 amide bonds. The lowest BCUT2D eigenvalue weighted by Crippen LogP contribution is -2.30. The Labute approximate surface area is 118 Å². The monoisotopic (exact) mass is 273 g/mol. The van der Waals surface area contributed by atoms with E-state index in [2.05, 4.69) is 46.8 Å². The highest BCUT2D eigenvalue weighted by atomic mass is 32.1. The molecule has 1 aromatic carbocycles. The number of thiazole rings is 1. The van der Waals surface area contributed by atoms with Crippen LogP contribution in [0.1, 0.15) is 29.8 Å². The lowest BCUT2D eigenvalue weighted by atomic mass is 10.0. The predicted octanol–water partition coefficient (Wildman–Crippen LogP) is 2.99. The quantitative estimate of drug-likeness (QED) is 0.932. The van der Waals surface area contributed by atoms with Gasteiger partial charge in [0.05, 0.1) is 5.69 Å². The molecule has 0 saturated carbocycles. The van der Waals surface area contributed by atoms with E-state index in [-0.39, 0.29) is 0 Å². The van der Waals surface area contributed by atoms with Crippen LogP contribution in [0.25, 0.3) is 0 Å². The fraction of sp³-hybridized carbons (Fsp3) is 0.400. The first-order chi connectivity index (χ1) is 9.28. The van der Waals surface area contributed by atoms with Crippen LogP contribution in [0.15, 0.2) is 29.6 Å². The first-order valence-electron chi connectivity index (χ1n) is 6.72. The van der Waals surface area contributed by atoms with E-state index in [4.69, 9.17) is 4.98 Å². The Morgan fingerprint density at radius 3 is 2.89 bits per heavy atom. The molecule has 2 aromatic rings. The van der Waals surface area contributed by atoms with Gasteiger partial charge >= 0.3 is 0 Å². The number of rotatable bonds is 3. The van der Waals surface area contributed by atoms with Crippen molar-refractivity contribution in [3.8, 4) is 0 Å². The van der Waals surface area contributed by atoms with Crippen LogP contribution in [-0.4, -0.2) is 18.6 Å². The van der Waals surface area contributed by atoms with E-state index in [1.165, 1.54) is 11.1 Å². The van der Waals surface area contributed by atoms with Gasteiger partial charge in [-0.15, -0.1) is 11.3 Å². The van der Waals surface area contributed by atoms with E-state index in [1.54, 1.807) is 11.3 Å². The highest BCUT2D eigenvalue weighted by molar-refractivity contribution is 7.13. The molecule has 1 unspecified atom stereocenters. The van der Waals surface area contributed by atoms with Crippen LogP contribution in [0.3, 0.4) is 0 Å². The fourth-order valence-electron chi connectivity index (χ4n) is 2.43. The number of hydrogen-bond acceptors (Lipinski definition) is 4. The molecule has 0 saturated heterocycles. The highest BCUT2D eigenvalue weighted by Crippen LogP contribution is 2.28. The van der Waals surface area contributed by atoms with Crippen LogP contribution in [0.5, 0.6) is 0 Å². The van der Waals surface area contributed by atoms with E-state index < -0.39 is 0 Å². The molecule has 3 rings (SSSR count). The second-order valence-corrected chi connectivity index (χ2v) is 5.84. The van der Waals surface area contributed by atoms with Gasteiger partial charge in [-0.05, 0) is 31.5 Å². The minimum absolute atomic E-state index is 0.321. The maximum Gasteiger partial charge on any atom is 0.185 e. The molecule has 1 aliphatic heterocycles. The zero-order valence-electron chi connectivity index (χ0n) is 11.4. The summed E-state index contributed by atoms with van der Waals surface area (Å²) >= 11 is 1.75. The van der Waals surface area contributed by atoms with Crippen LogP contribution in [-0.2, 0) is 13.0 Å². The Kier molecular flexibility index (Phi) is 3.53. The molecule has 19 heavy (non-hydrogen) atoms. The molecule has 3 nitrogen and oxygen atoms in total. The van der Waals surface area contributed by atoms with Crippen LogP contribution in [0, 0.1) is 0 Å². The Morgan fingerprint density at radius 2 is 2.11 bits per heavy atom. The summed E-state index contributed by atoms with van der Waals surface area (Å²) in [4.78, 5) is 7.15. The third-order valence-electron chi connectivity index (χ3n) is 3.79. The van der Waals surface area contributed by atoms with Gasteiger partial charge in [0, 0.05) is 24.5 Å². The summed E-state index contributed by atoms with van der Waals surface area (Å²) in [6.07, 6.45) is 1.12. The Bertz CT molecular complexity index is 564. The lowest BCUT2D eigenvalue weighted by molar-refractivity contribution is 0.634. The molecule has 1 aliphatic rings. The largest absolute Gasteiger partial charge is 0.343 e. The third-order valence-corrected chi connectivity index (χ3v) is 4.71. The molecule has 4 heteroatoms. The molecule has 1 aromatic heterocycles. The summed E-state index contributed by atoms with van der Waals surface area (Å²) in [6, 6.07) is 9.04. The number of benzene rings is 1. The number of anilines is 1. The van der Waals surface area contributed by atoms with Crippen molar-refractivity contribution in [2.24, 2.45) is 0 Å². The van der Waals surface area contributed by atoms with Crippen LogP contribution >= 0.6 is 11.3 Å². The van der Waals surface area contributed by atoms with Gasteiger partial charge in [0.2, 0.25) is 0 Å². The minimum Gasteiger partial charge on any atom is -0.343 e. The fourth-order valence-corrected chi connectivity index (χ4v) is 3.37. The van der Waals surface area contributed by atoms with Crippen molar-refractivity contribution >= 4 is 16.5 Å². The minimum atomic E-state index is 0.321. The first kappa shape index (κ1) is 12.6. The number of aromatic nitrogens is 1. The van der Waals surface area contributed by atoms with Gasteiger partial charge in [0.1, 0.15) is 0 Å². The van der Waals surface area contributed by atoms with Crippen molar-refractivity contribution in [1.82, 2.24) is 10.3 Å². The van der Waals surface area contributed by atoms with Crippen molar-refractivity contribution in [3.05, 3.63) is 46.5 Å². The van der Waals surface area contributed by atoms with Crippen LogP contribution in [0.4, 0.5) is 5.13 Å². The summed E-state index contributed by atoms with van der Waals surface area (Å²) in [6.45, 7) is 4.19. The number of hydrogen-bond donors (Lipinski definition) is 1. The maximum absolute atomic E-state index is 4.76. The van der Waals surface area contributed by atoms with Gasteiger partial charge < -0.3 is 10.2 Å². The van der Waals surface area contributed by atoms with Crippen molar-refractivity contribution < 1.29 is 0 Å². The summed E-state index contributed by atoms with van der Waals surface area (Å²) in [7, 11) is 1.97. The normalized spacial score (nSPS) is 16.2. The molecule has 0 fully saturated rings. The Hall–Kier alpha value is -1.39. The zero-order valence-corrected chi connectivity index (χ0v) is 12.2. The smallest absolute Gasteiger partial charge is 0.185 e. The highest BCUT2D eigenvalue weighted by Gasteiger charge is 2.19. The molecule has 100 valence electrons. The van der Waals surface area contributed by atoms with Crippen molar-refractivity contribution in [2.75, 3.05) is 18.5 Å². The lowest BCUT2D eigenvalue weighted by Gasteiger charge is -2.28. The van der Waals surface area contributed by atoms with Crippen molar-refractivity contribution in [3.63, 3.8) is 0 Å². The predicted molar refractivity (Wildman–Crippen MR) is 80.8 cm³/mol. The summed E-state index contributed by atoms with van der Waals surface area (Å²) in [5, 5.41) is 6.55. The van der Waals surface area contributed by atoms with Gasteiger partial charge in [0.15, 0.2) is 5.13 Å². The van der Waals surface area contributed by atoms with E-state index in [9.17, 15) is 0 Å². The average molecular weight is 273 g/mol. The molecule has 0 bridgehead atoms. The van der Waals surface area contributed by atoms with E-state index in [0.717, 1.165) is 30.3 Å². The topological polar surface area (TPSA) is 28.2 Å². The first-order valence-corrected chi connectivity index (χ1v) is 7.60.